The van der Waals surface area contributed by atoms with Gasteiger partial charge in [0.25, 0.3) is 0 Å². The smallest absolute Gasteiger partial charge is 0.390 e. The fourth-order valence-electron chi connectivity index (χ4n) is 5.07. The summed E-state index contributed by atoms with van der Waals surface area (Å²) in [6, 6.07) is 15.1. The van der Waals surface area contributed by atoms with E-state index in [2.05, 4.69) is 24.4 Å². The minimum Gasteiger partial charge on any atom is -0.390 e. The summed E-state index contributed by atoms with van der Waals surface area (Å²) in [6.45, 7) is 8.02. The lowest BCUT2D eigenvalue weighted by Gasteiger charge is -2.48. The monoisotopic (exact) mass is 460 g/mol. The normalized spacial score (nSPS) is 30.1. The summed E-state index contributed by atoms with van der Waals surface area (Å²) in [6.07, 6.45) is -3.24. The predicted molar refractivity (Wildman–Crippen MR) is 121 cm³/mol. The van der Waals surface area contributed by atoms with Crippen LogP contribution in [-0.2, 0) is 6.18 Å². The number of allylic oxidation sites excluding steroid dienone is 1. The van der Waals surface area contributed by atoms with Crippen LogP contribution in [0.5, 0.6) is 5.75 Å². The van der Waals surface area contributed by atoms with Crippen molar-refractivity contribution in [3.63, 3.8) is 0 Å². The van der Waals surface area contributed by atoms with Crippen molar-refractivity contribution in [1.82, 2.24) is 10.4 Å². The van der Waals surface area contributed by atoms with Crippen molar-refractivity contribution in [2.24, 2.45) is 5.92 Å². The number of nitrogens with zero attached hydrogens (tertiary/aromatic N) is 1. The van der Waals surface area contributed by atoms with Crippen molar-refractivity contribution in [3.05, 3.63) is 77.1 Å². The van der Waals surface area contributed by atoms with Crippen LogP contribution in [0.1, 0.15) is 57.6 Å². The molecular formula is C26H31F3N2O2. The summed E-state index contributed by atoms with van der Waals surface area (Å²) < 4.78 is 39.7. The Morgan fingerprint density at radius 3 is 2.33 bits per heavy atom. The number of alkyl halides is 3. The number of aliphatic hydroxyl groups is 1. The first-order chi connectivity index (χ1) is 15.5. The molecule has 178 valence electrons. The summed E-state index contributed by atoms with van der Waals surface area (Å²) in [5, 5.41) is 15.4. The van der Waals surface area contributed by atoms with E-state index in [9.17, 15) is 18.3 Å². The van der Waals surface area contributed by atoms with Gasteiger partial charge in [0, 0.05) is 12.0 Å². The molecule has 4 nitrogen and oxygen atoms in total. The quantitative estimate of drug-likeness (QED) is 0.587. The summed E-state index contributed by atoms with van der Waals surface area (Å²) >= 11 is 0. The van der Waals surface area contributed by atoms with Gasteiger partial charge in [0.2, 0.25) is 0 Å². The zero-order chi connectivity index (χ0) is 24.0. The van der Waals surface area contributed by atoms with Gasteiger partial charge >= 0.3 is 6.18 Å². The molecule has 4 rings (SSSR count). The van der Waals surface area contributed by atoms with E-state index in [1.807, 2.05) is 39.0 Å². The highest BCUT2D eigenvalue weighted by Crippen LogP contribution is 2.43. The third-order valence-corrected chi connectivity index (χ3v) is 6.95. The molecule has 1 fully saturated rings. The molecule has 0 amide bonds. The van der Waals surface area contributed by atoms with E-state index in [1.54, 1.807) is 5.06 Å². The Hall–Kier alpha value is -2.67. The van der Waals surface area contributed by atoms with Crippen molar-refractivity contribution in [2.75, 3.05) is 0 Å². The van der Waals surface area contributed by atoms with Crippen molar-refractivity contribution >= 4 is 0 Å². The van der Waals surface area contributed by atoms with Crippen LogP contribution in [0.4, 0.5) is 13.2 Å². The Labute approximate surface area is 193 Å². The van der Waals surface area contributed by atoms with Crippen molar-refractivity contribution < 1.29 is 23.1 Å². The molecule has 1 heterocycles. The first kappa shape index (κ1) is 23.5. The number of rotatable bonds is 5. The predicted octanol–water partition coefficient (Wildman–Crippen LogP) is 5.86. The van der Waals surface area contributed by atoms with E-state index in [4.69, 9.17) is 4.84 Å². The van der Waals surface area contributed by atoms with E-state index in [-0.39, 0.29) is 29.7 Å². The molecule has 2 aromatic carbocycles. The summed E-state index contributed by atoms with van der Waals surface area (Å²) in [5.74, 6) is 1.17. The topological polar surface area (TPSA) is 44.7 Å². The van der Waals surface area contributed by atoms with Crippen molar-refractivity contribution in [1.29, 1.82) is 0 Å². The van der Waals surface area contributed by atoms with Gasteiger partial charge in [-0.1, -0.05) is 43.3 Å². The molecule has 0 radical (unpaired) electrons. The second kappa shape index (κ2) is 8.60. The van der Waals surface area contributed by atoms with Crippen LogP contribution in [-0.4, -0.2) is 27.9 Å². The summed E-state index contributed by atoms with van der Waals surface area (Å²) in [7, 11) is 0. The highest BCUT2D eigenvalue weighted by Gasteiger charge is 2.43. The van der Waals surface area contributed by atoms with Gasteiger partial charge in [0.15, 0.2) is 5.75 Å². The Balaban J connectivity index is 1.70. The number of hydrogen-bond acceptors (Lipinski definition) is 4. The van der Waals surface area contributed by atoms with Gasteiger partial charge in [-0.3, -0.25) is 0 Å². The molecule has 2 aliphatic rings. The Morgan fingerprint density at radius 2 is 1.73 bits per heavy atom. The molecule has 3 atom stereocenters. The zero-order valence-electron chi connectivity index (χ0n) is 19.4. The molecule has 0 bridgehead atoms. The maximum absolute atomic E-state index is 13.2. The zero-order valence-corrected chi connectivity index (χ0v) is 19.4. The van der Waals surface area contributed by atoms with E-state index in [0.29, 0.717) is 12.8 Å². The van der Waals surface area contributed by atoms with Gasteiger partial charge in [-0.25, -0.2) is 0 Å². The Morgan fingerprint density at radius 1 is 1.06 bits per heavy atom. The molecule has 33 heavy (non-hydrogen) atoms. The van der Waals surface area contributed by atoms with E-state index in [1.165, 1.54) is 17.7 Å². The SMILES string of the molecule is CC1=C(NC2CC(C)(O)C2)N(Oc2cccc(C(F)(F)F)c2)[C@@H](C)[C@@H](C)[C@H]1c1ccccc1. The van der Waals surface area contributed by atoms with Crippen LogP contribution < -0.4 is 10.2 Å². The van der Waals surface area contributed by atoms with Gasteiger partial charge in [-0.15, -0.1) is 0 Å². The van der Waals surface area contributed by atoms with E-state index < -0.39 is 17.3 Å². The molecule has 7 heteroatoms. The maximum atomic E-state index is 13.2. The fraction of sp³-hybridized carbons (Fsp3) is 0.462. The maximum Gasteiger partial charge on any atom is 0.416 e. The number of halogens is 3. The average molecular weight is 461 g/mol. The van der Waals surface area contributed by atoms with E-state index in [0.717, 1.165) is 23.5 Å². The lowest BCUT2D eigenvalue weighted by atomic mass is 9.74. The third-order valence-electron chi connectivity index (χ3n) is 6.95. The average Bonchev–Trinajstić information content (AvgIpc) is 2.73. The van der Waals surface area contributed by atoms with Gasteiger partial charge in [-0.05, 0) is 68.9 Å². The molecule has 1 aliphatic carbocycles. The van der Waals surface area contributed by atoms with Crippen LogP contribution >= 0.6 is 0 Å². The lowest BCUT2D eigenvalue weighted by Crippen LogP contribution is -2.57. The van der Waals surface area contributed by atoms with Crippen molar-refractivity contribution in [3.8, 4) is 5.75 Å². The molecule has 0 spiro atoms. The Bertz CT molecular complexity index is 1010. The van der Waals surface area contributed by atoms with Gasteiger partial charge < -0.3 is 15.3 Å². The first-order valence-corrected chi connectivity index (χ1v) is 11.4. The van der Waals surface area contributed by atoms with Gasteiger partial charge in [0.1, 0.15) is 5.82 Å². The highest BCUT2D eigenvalue weighted by molar-refractivity contribution is 5.35. The molecule has 1 saturated carbocycles. The lowest BCUT2D eigenvalue weighted by molar-refractivity contribution is -0.138. The van der Waals surface area contributed by atoms with E-state index >= 15 is 0 Å². The summed E-state index contributed by atoms with van der Waals surface area (Å²) in [4.78, 5) is 6.11. The number of hydroxylamine groups is 2. The minimum absolute atomic E-state index is 0.0644. The van der Waals surface area contributed by atoms with Crippen LogP contribution in [0.25, 0.3) is 0 Å². The second-order valence-corrected chi connectivity index (χ2v) is 9.71. The molecule has 0 aromatic heterocycles. The third kappa shape index (κ3) is 4.83. The number of benzene rings is 2. The summed E-state index contributed by atoms with van der Waals surface area (Å²) in [5.41, 5.74) is 0.800. The number of hydrogen-bond donors (Lipinski definition) is 2. The van der Waals surface area contributed by atoms with Crippen molar-refractivity contribution in [2.45, 2.75) is 70.3 Å². The fourth-order valence-corrected chi connectivity index (χ4v) is 5.07. The van der Waals surface area contributed by atoms with Crippen LogP contribution in [0.2, 0.25) is 0 Å². The first-order valence-electron chi connectivity index (χ1n) is 11.4. The minimum atomic E-state index is -4.44. The van der Waals surface area contributed by atoms with Crippen LogP contribution in [0, 0.1) is 5.92 Å². The molecule has 1 aliphatic heterocycles. The van der Waals surface area contributed by atoms with Gasteiger partial charge in [-0.2, -0.15) is 18.2 Å². The highest BCUT2D eigenvalue weighted by atomic mass is 19.4. The molecule has 2 N–H and O–H groups in total. The standard InChI is InChI=1S/C26H31F3N2O2/c1-16-18(3)31(33-22-12-8-11-20(13-22)26(27,28)29)24(30-21-14-25(4,32)15-21)17(2)23(16)19-9-6-5-7-10-19/h5-13,16,18,21,23,30,32H,14-15H2,1-4H3/t16-,18+,21?,23-,25?/m1/s1. The molecular weight excluding hydrogens is 429 g/mol. The Kier molecular flexibility index (Phi) is 6.12. The number of nitrogens with one attached hydrogen (secondary N) is 1. The van der Waals surface area contributed by atoms with Crippen LogP contribution in [0.3, 0.4) is 0 Å². The molecule has 0 unspecified atom stereocenters. The molecule has 0 saturated heterocycles. The largest absolute Gasteiger partial charge is 0.416 e. The van der Waals surface area contributed by atoms with Crippen LogP contribution in [0.15, 0.2) is 66.0 Å². The molecule has 2 aromatic rings. The second-order valence-electron chi connectivity index (χ2n) is 9.71. The van der Waals surface area contributed by atoms with Gasteiger partial charge in [0.05, 0.1) is 17.2 Å².